The summed E-state index contributed by atoms with van der Waals surface area (Å²) in [5.74, 6) is -1.21. The summed E-state index contributed by atoms with van der Waals surface area (Å²) < 4.78 is 0. The Bertz CT molecular complexity index is 430. The van der Waals surface area contributed by atoms with Crippen LogP contribution < -0.4 is 5.32 Å². The zero-order valence-electron chi connectivity index (χ0n) is 13.0. The molecule has 2 atom stereocenters. The van der Waals surface area contributed by atoms with Gasteiger partial charge in [-0.1, -0.05) is 44.2 Å². The molecule has 2 unspecified atom stereocenters. The maximum Gasteiger partial charge on any atom is 0.336 e. The average Bonchev–Trinajstić information content (AvgIpc) is 2.47. The van der Waals surface area contributed by atoms with E-state index in [0.717, 1.165) is 13.1 Å². The van der Waals surface area contributed by atoms with E-state index in [4.69, 9.17) is 5.11 Å². The number of nitrogens with zero attached hydrogens (tertiary/aromatic N) is 1. The van der Waals surface area contributed by atoms with Gasteiger partial charge in [-0.3, -0.25) is 4.90 Å². The van der Waals surface area contributed by atoms with Gasteiger partial charge >= 0.3 is 5.97 Å². The molecule has 0 saturated carbocycles. The first-order valence-electron chi connectivity index (χ1n) is 7.37. The van der Waals surface area contributed by atoms with Crippen LogP contribution >= 0.6 is 0 Å². The third kappa shape index (κ3) is 5.12. The van der Waals surface area contributed by atoms with Gasteiger partial charge in [-0.25, -0.2) is 4.79 Å². The van der Waals surface area contributed by atoms with E-state index in [1.807, 2.05) is 18.2 Å². The van der Waals surface area contributed by atoms with Gasteiger partial charge in [0.05, 0.1) is 0 Å². The Hall–Kier alpha value is -1.43. The standard InChI is InChI=1S/C16H26N2O3/c1-4-18(5-2)14(13-9-7-6-8-10-13)11-17-12-16(3,21)15(19)20/h6-10,14,17,21H,4-5,11-12H2,1-3H3,(H,19,20). The number of benzene rings is 1. The molecule has 1 rings (SSSR count). The van der Waals surface area contributed by atoms with E-state index in [9.17, 15) is 9.90 Å². The number of carbonyl (C=O) groups is 1. The number of nitrogens with one attached hydrogen (secondary N) is 1. The van der Waals surface area contributed by atoms with Crippen molar-refractivity contribution in [2.45, 2.75) is 32.4 Å². The zero-order chi connectivity index (χ0) is 15.9. The van der Waals surface area contributed by atoms with Gasteiger partial charge < -0.3 is 15.5 Å². The Balaban J connectivity index is 2.73. The molecule has 21 heavy (non-hydrogen) atoms. The Labute approximate surface area is 126 Å². The van der Waals surface area contributed by atoms with Crippen LogP contribution in [0, 0.1) is 0 Å². The molecule has 3 N–H and O–H groups in total. The monoisotopic (exact) mass is 294 g/mol. The molecule has 0 bridgehead atoms. The first kappa shape index (κ1) is 17.6. The molecule has 0 aliphatic heterocycles. The molecule has 0 heterocycles. The predicted molar refractivity (Wildman–Crippen MR) is 83.2 cm³/mol. The molecule has 1 aromatic carbocycles. The summed E-state index contributed by atoms with van der Waals surface area (Å²) >= 11 is 0. The summed E-state index contributed by atoms with van der Waals surface area (Å²) in [6.45, 7) is 7.94. The van der Waals surface area contributed by atoms with Crippen LogP contribution in [-0.4, -0.2) is 52.9 Å². The van der Waals surface area contributed by atoms with E-state index in [1.54, 1.807) is 0 Å². The van der Waals surface area contributed by atoms with Gasteiger partial charge in [0.2, 0.25) is 0 Å². The molecule has 5 nitrogen and oxygen atoms in total. The van der Waals surface area contributed by atoms with Crippen molar-refractivity contribution in [3.63, 3.8) is 0 Å². The fraction of sp³-hybridized carbons (Fsp3) is 0.562. The Morgan fingerprint density at radius 2 is 1.86 bits per heavy atom. The highest BCUT2D eigenvalue weighted by molar-refractivity contribution is 5.76. The first-order chi connectivity index (χ1) is 9.92. The van der Waals surface area contributed by atoms with Gasteiger partial charge in [-0.05, 0) is 25.6 Å². The number of aliphatic hydroxyl groups is 1. The largest absolute Gasteiger partial charge is 0.479 e. The number of carboxylic acid groups (broad SMARTS) is 1. The quantitative estimate of drug-likeness (QED) is 0.643. The molecular formula is C16H26N2O3. The molecule has 5 heteroatoms. The summed E-state index contributed by atoms with van der Waals surface area (Å²) in [7, 11) is 0. The summed E-state index contributed by atoms with van der Waals surface area (Å²) in [6.07, 6.45) is 0. The minimum atomic E-state index is -1.75. The third-order valence-corrected chi connectivity index (χ3v) is 3.71. The van der Waals surface area contributed by atoms with Crippen molar-refractivity contribution in [1.29, 1.82) is 0 Å². The topological polar surface area (TPSA) is 72.8 Å². The van der Waals surface area contributed by atoms with Crippen LogP contribution in [0.3, 0.4) is 0 Å². The van der Waals surface area contributed by atoms with Gasteiger partial charge in [0.25, 0.3) is 0 Å². The summed E-state index contributed by atoms with van der Waals surface area (Å²) in [4.78, 5) is 13.2. The number of hydrogen-bond acceptors (Lipinski definition) is 4. The molecular weight excluding hydrogens is 268 g/mol. The van der Waals surface area contributed by atoms with Crippen LogP contribution in [0.15, 0.2) is 30.3 Å². The molecule has 0 spiro atoms. The molecule has 0 amide bonds. The second-order valence-corrected chi connectivity index (χ2v) is 5.36. The molecule has 0 aliphatic carbocycles. The van der Waals surface area contributed by atoms with E-state index < -0.39 is 11.6 Å². The summed E-state index contributed by atoms with van der Waals surface area (Å²) in [6, 6.07) is 10.3. The van der Waals surface area contributed by atoms with E-state index >= 15 is 0 Å². The molecule has 0 saturated heterocycles. The lowest BCUT2D eigenvalue weighted by molar-refractivity contribution is -0.156. The minimum absolute atomic E-state index is 0.0208. The van der Waals surface area contributed by atoms with E-state index in [1.165, 1.54) is 12.5 Å². The number of likely N-dealkylation sites (N-methyl/N-ethyl adjacent to an activating group) is 1. The van der Waals surface area contributed by atoms with Crippen molar-refractivity contribution in [2.24, 2.45) is 0 Å². The predicted octanol–water partition coefficient (Wildman–Crippen LogP) is 1.49. The fourth-order valence-corrected chi connectivity index (χ4v) is 2.33. The summed E-state index contributed by atoms with van der Waals surface area (Å²) in [5.41, 5.74) is -0.562. The maximum absolute atomic E-state index is 10.9. The Kier molecular flexibility index (Phi) is 6.81. The summed E-state index contributed by atoms with van der Waals surface area (Å²) in [5, 5.41) is 21.8. The van der Waals surface area contributed by atoms with E-state index in [2.05, 4.69) is 36.2 Å². The zero-order valence-corrected chi connectivity index (χ0v) is 13.0. The number of carboxylic acids is 1. The lowest BCUT2D eigenvalue weighted by atomic mass is 10.0. The Morgan fingerprint density at radius 3 is 2.33 bits per heavy atom. The minimum Gasteiger partial charge on any atom is -0.479 e. The van der Waals surface area contributed by atoms with Gasteiger partial charge in [0, 0.05) is 19.1 Å². The van der Waals surface area contributed by atoms with Crippen LogP contribution in [-0.2, 0) is 4.79 Å². The third-order valence-electron chi connectivity index (χ3n) is 3.71. The van der Waals surface area contributed by atoms with Crippen molar-refractivity contribution in [2.75, 3.05) is 26.2 Å². The smallest absolute Gasteiger partial charge is 0.336 e. The van der Waals surface area contributed by atoms with Gasteiger partial charge in [-0.2, -0.15) is 0 Å². The lowest BCUT2D eigenvalue weighted by Crippen LogP contribution is -2.47. The average molecular weight is 294 g/mol. The molecule has 118 valence electrons. The molecule has 0 radical (unpaired) electrons. The van der Waals surface area contributed by atoms with Crippen molar-refractivity contribution >= 4 is 5.97 Å². The number of hydrogen-bond donors (Lipinski definition) is 3. The lowest BCUT2D eigenvalue weighted by Gasteiger charge is -2.31. The molecule has 0 fully saturated rings. The van der Waals surface area contributed by atoms with Crippen LogP contribution in [0.5, 0.6) is 0 Å². The van der Waals surface area contributed by atoms with Crippen molar-refractivity contribution in [3.05, 3.63) is 35.9 Å². The first-order valence-corrected chi connectivity index (χ1v) is 7.37. The molecule has 0 aromatic heterocycles. The molecule has 0 aliphatic rings. The number of rotatable bonds is 9. The van der Waals surface area contributed by atoms with Gasteiger partial charge in [-0.15, -0.1) is 0 Å². The second kappa shape index (κ2) is 8.12. The van der Waals surface area contributed by atoms with Gasteiger partial charge in [0.1, 0.15) is 0 Å². The highest BCUT2D eigenvalue weighted by Crippen LogP contribution is 2.19. The van der Waals surface area contributed by atoms with Crippen LogP contribution in [0.1, 0.15) is 32.4 Å². The maximum atomic E-state index is 10.9. The van der Waals surface area contributed by atoms with Crippen LogP contribution in [0.25, 0.3) is 0 Å². The van der Waals surface area contributed by atoms with Crippen molar-refractivity contribution in [1.82, 2.24) is 10.2 Å². The van der Waals surface area contributed by atoms with Crippen LogP contribution in [0.4, 0.5) is 0 Å². The normalized spacial score (nSPS) is 15.7. The van der Waals surface area contributed by atoms with E-state index in [-0.39, 0.29) is 12.6 Å². The number of aliphatic carboxylic acids is 1. The SMILES string of the molecule is CCN(CC)C(CNCC(C)(O)C(=O)O)c1ccccc1. The second-order valence-electron chi connectivity index (χ2n) is 5.36. The van der Waals surface area contributed by atoms with Crippen LogP contribution in [0.2, 0.25) is 0 Å². The van der Waals surface area contributed by atoms with Gasteiger partial charge in [0.15, 0.2) is 5.60 Å². The van der Waals surface area contributed by atoms with Crippen molar-refractivity contribution in [3.8, 4) is 0 Å². The fourth-order valence-electron chi connectivity index (χ4n) is 2.33. The Morgan fingerprint density at radius 1 is 1.29 bits per heavy atom. The highest BCUT2D eigenvalue weighted by Gasteiger charge is 2.29. The highest BCUT2D eigenvalue weighted by atomic mass is 16.4. The van der Waals surface area contributed by atoms with Crippen molar-refractivity contribution < 1.29 is 15.0 Å². The molecule has 1 aromatic rings. The van der Waals surface area contributed by atoms with E-state index in [0.29, 0.717) is 6.54 Å².